The summed E-state index contributed by atoms with van der Waals surface area (Å²) in [6, 6.07) is 14.9. The van der Waals surface area contributed by atoms with E-state index in [1.54, 1.807) is 12.1 Å². The van der Waals surface area contributed by atoms with Gasteiger partial charge in [-0.05, 0) is 25.0 Å². The fraction of sp³-hybridized carbons (Fsp3) is 0.250. The summed E-state index contributed by atoms with van der Waals surface area (Å²) >= 11 is 0. The first-order valence-corrected chi connectivity index (χ1v) is 6.09. The van der Waals surface area contributed by atoms with E-state index in [1.807, 2.05) is 50.2 Å². The summed E-state index contributed by atoms with van der Waals surface area (Å²) in [5.41, 5.74) is 7.43. The molecule has 0 aliphatic carbocycles. The Hall–Kier alpha value is -1.67. The SMILES string of the molecule is Cc1cc(C)cc(C(F)(CN)c2ccccc2)c1. The average Bonchev–Trinajstić information content (AvgIpc) is 2.37. The second-order valence-electron chi connectivity index (χ2n) is 4.75. The first-order valence-electron chi connectivity index (χ1n) is 6.09. The lowest BCUT2D eigenvalue weighted by atomic mass is 9.86. The summed E-state index contributed by atoms with van der Waals surface area (Å²) < 4.78 is 15.2. The van der Waals surface area contributed by atoms with Gasteiger partial charge in [0.1, 0.15) is 0 Å². The molecule has 0 bridgehead atoms. The van der Waals surface area contributed by atoms with Gasteiger partial charge in [0.25, 0.3) is 0 Å². The van der Waals surface area contributed by atoms with Gasteiger partial charge in [0.15, 0.2) is 5.67 Å². The number of halogens is 1. The topological polar surface area (TPSA) is 26.0 Å². The van der Waals surface area contributed by atoms with Crippen molar-refractivity contribution >= 4 is 0 Å². The Kier molecular flexibility index (Phi) is 3.48. The van der Waals surface area contributed by atoms with Crippen LogP contribution in [0.1, 0.15) is 22.3 Å². The summed E-state index contributed by atoms with van der Waals surface area (Å²) in [4.78, 5) is 0. The number of aryl methyl sites for hydroxylation is 2. The largest absolute Gasteiger partial charge is 0.327 e. The monoisotopic (exact) mass is 243 g/mol. The minimum Gasteiger partial charge on any atom is -0.327 e. The van der Waals surface area contributed by atoms with E-state index in [-0.39, 0.29) is 6.54 Å². The fourth-order valence-corrected chi connectivity index (χ4v) is 2.31. The third kappa shape index (κ3) is 2.29. The molecule has 2 N–H and O–H groups in total. The Morgan fingerprint density at radius 1 is 0.944 bits per heavy atom. The molecular weight excluding hydrogens is 225 g/mol. The quantitative estimate of drug-likeness (QED) is 0.877. The van der Waals surface area contributed by atoms with Crippen molar-refractivity contribution in [3.8, 4) is 0 Å². The second kappa shape index (κ2) is 4.91. The number of nitrogens with two attached hydrogens (primary N) is 1. The molecule has 0 aromatic heterocycles. The Bertz CT molecular complexity index is 516. The molecule has 2 aromatic rings. The van der Waals surface area contributed by atoms with E-state index >= 15 is 4.39 Å². The number of alkyl halides is 1. The number of hydrogen-bond acceptors (Lipinski definition) is 1. The predicted octanol–water partition coefficient (Wildman–Crippen LogP) is 3.48. The molecular formula is C16H18FN. The number of hydrogen-bond donors (Lipinski definition) is 1. The van der Waals surface area contributed by atoms with Gasteiger partial charge < -0.3 is 5.73 Å². The third-order valence-electron chi connectivity index (χ3n) is 3.19. The highest BCUT2D eigenvalue weighted by molar-refractivity contribution is 5.40. The summed E-state index contributed by atoms with van der Waals surface area (Å²) in [5, 5.41) is 0. The third-order valence-corrected chi connectivity index (χ3v) is 3.19. The van der Waals surface area contributed by atoms with Gasteiger partial charge in [-0.1, -0.05) is 59.7 Å². The standard InChI is InChI=1S/C16H18FN/c1-12-8-13(2)10-15(9-12)16(17,11-18)14-6-4-3-5-7-14/h3-10H,11,18H2,1-2H3. The van der Waals surface area contributed by atoms with Crippen LogP contribution >= 0.6 is 0 Å². The van der Waals surface area contributed by atoms with Crippen molar-refractivity contribution in [2.24, 2.45) is 5.73 Å². The van der Waals surface area contributed by atoms with Crippen LogP contribution in [0.3, 0.4) is 0 Å². The van der Waals surface area contributed by atoms with Gasteiger partial charge in [-0.25, -0.2) is 4.39 Å². The molecule has 0 heterocycles. The minimum absolute atomic E-state index is 0.0556. The van der Waals surface area contributed by atoms with Crippen LogP contribution in [0, 0.1) is 13.8 Å². The van der Waals surface area contributed by atoms with E-state index in [1.165, 1.54) is 0 Å². The van der Waals surface area contributed by atoms with E-state index in [0.29, 0.717) is 11.1 Å². The van der Waals surface area contributed by atoms with Crippen LogP contribution in [-0.2, 0) is 5.67 Å². The van der Waals surface area contributed by atoms with Gasteiger partial charge in [0, 0.05) is 6.54 Å². The molecule has 2 heteroatoms. The van der Waals surface area contributed by atoms with Crippen LogP contribution in [0.25, 0.3) is 0 Å². The van der Waals surface area contributed by atoms with Crippen LogP contribution in [0.4, 0.5) is 4.39 Å². The highest BCUT2D eigenvalue weighted by Crippen LogP contribution is 2.33. The maximum atomic E-state index is 15.2. The minimum atomic E-state index is -1.61. The summed E-state index contributed by atoms with van der Waals surface area (Å²) in [7, 11) is 0. The van der Waals surface area contributed by atoms with Crippen molar-refractivity contribution in [1.29, 1.82) is 0 Å². The van der Waals surface area contributed by atoms with Crippen molar-refractivity contribution in [3.63, 3.8) is 0 Å². The first kappa shape index (κ1) is 12.8. The zero-order valence-corrected chi connectivity index (χ0v) is 10.8. The van der Waals surface area contributed by atoms with E-state index < -0.39 is 5.67 Å². The highest BCUT2D eigenvalue weighted by Gasteiger charge is 2.32. The van der Waals surface area contributed by atoms with Crippen molar-refractivity contribution in [2.75, 3.05) is 6.54 Å². The Labute approximate surface area is 107 Å². The zero-order chi connectivity index (χ0) is 13.2. The van der Waals surface area contributed by atoms with Gasteiger partial charge >= 0.3 is 0 Å². The van der Waals surface area contributed by atoms with Gasteiger partial charge in [-0.2, -0.15) is 0 Å². The molecule has 1 atom stereocenters. The molecule has 0 fully saturated rings. The lowest BCUT2D eigenvalue weighted by Crippen LogP contribution is -2.31. The molecule has 0 spiro atoms. The molecule has 0 saturated carbocycles. The fourth-order valence-electron chi connectivity index (χ4n) is 2.31. The molecule has 0 aliphatic rings. The van der Waals surface area contributed by atoms with Gasteiger partial charge in [-0.3, -0.25) is 0 Å². The molecule has 2 rings (SSSR count). The summed E-state index contributed by atoms with van der Waals surface area (Å²) in [6.07, 6.45) is 0. The molecule has 0 aliphatic heterocycles. The highest BCUT2D eigenvalue weighted by atomic mass is 19.1. The lowest BCUT2D eigenvalue weighted by molar-refractivity contribution is 0.232. The Morgan fingerprint density at radius 3 is 2.00 bits per heavy atom. The molecule has 18 heavy (non-hydrogen) atoms. The molecule has 1 unspecified atom stereocenters. The van der Waals surface area contributed by atoms with Crippen LogP contribution in [-0.4, -0.2) is 6.54 Å². The normalized spacial score (nSPS) is 14.2. The smallest absolute Gasteiger partial charge is 0.173 e. The molecule has 0 amide bonds. The number of benzene rings is 2. The second-order valence-corrected chi connectivity index (χ2v) is 4.75. The lowest BCUT2D eigenvalue weighted by Gasteiger charge is -2.25. The van der Waals surface area contributed by atoms with Crippen molar-refractivity contribution in [3.05, 3.63) is 70.8 Å². The van der Waals surface area contributed by atoms with Gasteiger partial charge in [0.2, 0.25) is 0 Å². The average molecular weight is 243 g/mol. The molecule has 0 radical (unpaired) electrons. The maximum Gasteiger partial charge on any atom is 0.173 e. The van der Waals surface area contributed by atoms with E-state index in [0.717, 1.165) is 11.1 Å². The Morgan fingerprint density at radius 2 is 1.50 bits per heavy atom. The van der Waals surface area contributed by atoms with E-state index in [4.69, 9.17) is 5.73 Å². The Balaban J connectivity index is 2.56. The van der Waals surface area contributed by atoms with Crippen molar-refractivity contribution in [2.45, 2.75) is 19.5 Å². The number of rotatable bonds is 3. The molecule has 94 valence electrons. The van der Waals surface area contributed by atoms with E-state index in [2.05, 4.69) is 0 Å². The van der Waals surface area contributed by atoms with Crippen LogP contribution < -0.4 is 5.73 Å². The van der Waals surface area contributed by atoms with Crippen LogP contribution in [0.2, 0.25) is 0 Å². The van der Waals surface area contributed by atoms with Crippen LogP contribution in [0.15, 0.2) is 48.5 Å². The van der Waals surface area contributed by atoms with Crippen molar-refractivity contribution < 1.29 is 4.39 Å². The van der Waals surface area contributed by atoms with E-state index in [9.17, 15) is 0 Å². The first-order chi connectivity index (χ1) is 8.56. The summed E-state index contributed by atoms with van der Waals surface area (Å²) in [6.45, 7) is 3.89. The molecule has 0 saturated heterocycles. The summed E-state index contributed by atoms with van der Waals surface area (Å²) in [5.74, 6) is 0. The van der Waals surface area contributed by atoms with Crippen LogP contribution in [0.5, 0.6) is 0 Å². The van der Waals surface area contributed by atoms with Crippen molar-refractivity contribution in [1.82, 2.24) is 0 Å². The van der Waals surface area contributed by atoms with Gasteiger partial charge in [-0.15, -0.1) is 0 Å². The van der Waals surface area contributed by atoms with Gasteiger partial charge in [0.05, 0.1) is 0 Å². The predicted molar refractivity (Wildman–Crippen MR) is 73.3 cm³/mol. The molecule has 1 nitrogen and oxygen atoms in total. The zero-order valence-electron chi connectivity index (χ0n) is 10.8. The molecule has 2 aromatic carbocycles. The maximum absolute atomic E-state index is 15.2.